The highest BCUT2D eigenvalue weighted by molar-refractivity contribution is 6.27. The number of amides is 2. The van der Waals surface area contributed by atoms with Crippen molar-refractivity contribution in [2.45, 2.75) is 51.2 Å². The Bertz CT molecular complexity index is 347. The minimum Gasteiger partial charge on any atom is -0.388 e. The van der Waals surface area contributed by atoms with E-state index in [2.05, 4.69) is 5.32 Å². The zero-order valence-electron chi connectivity index (χ0n) is 14.0. The first-order chi connectivity index (χ1) is 10.2. The fourth-order valence-corrected chi connectivity index (χ4v) is 2.02. The molecule has 0 spiro atoms. The van der Waals surface area contributed by atoms with Crippen molar-refractivity contribution in [3.63, 3.8) is 0 Å². The van der Waals surface area contributed by atoms with Crippen molar-refractivity contribution >= 4 is 23.9 Å². The van der Waals surface area contributed by atoms with Crippen molar-refractivity contribution in [2.24, 2.45) is 0 Å². The van der Waals surface area contributed by atoms with Gasteiger partial charge in [-0.05, 0) is 40.0 Å². The van der Waals surface area contributed by atoms with Crippen molar-refractivity contribution in [3.8, 4) is 0 Å². The minimum absolute atomic E-state index is 0.0417. The van der Waals surface area contributed by atoms with E-state index >= 15 is 0 Å². The van der Waals surface area contributed by atoms with Gasteiger partial charge in [0.05, 0.1) is 11.2 Å². The molecule has 2 amide bonds. The van der Waals surface area contributed by atoms with Crippen LogP contribution in [0.1, 0.15) is 40.0 Å². The number of ether oxygens (including phenoxy) is 1. The fraction of sp³-hybridized carbons (Fsp3) is 0.867. The van der Waals surface area contributed by atoms with E-state index in [-0.39, 0.29) is 17.4 Å². The molecule has 2 N–H and O–H groups in total. The van der Waals surface area contributed by atoms with Crippen molar-refractivity contribution in [2.75, 3.05) is 32.6 Å². The molecule has 0 aromatic rings. The van der Waals surface area contributed by atoms with Gasteiger partial charge in [0.25, 0.3) is 0 Å². The van der Waals surface area contributed by atoms with E-state index < -0.39 is 5.60 Å². The van der Waals surface area contributed by atoms with Crippen LogP contribution in [0.2, 0.25) is 0 Å². The maximum Gasteiger partial charge on any atom is 0.234 e. The Kier molecular flexibility index (Phi) is 9.64. The Labute approximate surface area is 138 Å². The highest BCUT2D eigenvalue weighted by atomic mass is 35.5. The van der Waals surface area contributed by atoms with Gasteiger partial charge in [-0.25, -0.2) is 0 Å². The standard InChI is InChI=1S/C10H17ClN2O3.C5H12O/c11-6-9(15)12-4-3-10(16)2-1-5-13(7-10)8-14;1-5(2,3)6-4/h8,16H,1-7H2,(H,12,15);1-4H3. The molecular weight excluding hydrogens is 308 g/mol. The number of nitrogens with zero attached hydrogens (tertiary/aromatic N) is 1. The number of carbonyl (C=O) groups excluding carboxylic acids is 2. The average molecular weight is 337 g/mol. The lowest BCUT2D eigenvalue weighted by Crippen LogP contribution is -2.49. The molecule has 1 atom stereocenters. The number of halogens is 1. The number of nitrogens with one attached hydrogen (secondary N) is 1. The largest absolute Gasteiger partial charge is 0.388 e. The van der Waals surface area contributed by atoms with Crippen LogP contribution in [0.15, 0.2) is 0 Å². The van der Waals surface area contributed by atoms with Gasteiger partial charge < -0.3 is 20.1 Å². The summed E-state index contributed by atoms with van der Waals surface area (Å²) in [6.07, 6.45) is 2.65. The van der Waals surface area contributed by atoms with Crippen molar-refractivity contribution in [1.82, 2.24) is 10.2 Å². The van der Waals surface area contributed by atoms with Crippen LogP contribution < -0.4 is 5.32 Å². The third kappa shape index (κ3) is 9.97. The van der Waals surface area contributed by atoms with Gasteiger partial charge >= 0.3 is 0 Å². The first-order valence-electron chi connectivity index (χ1n) is 7.45. The molecule has 7 heteroatoms. The zero-order valence-corrected chi connectivity index (χ0v) is 14.8. The molecule has 0 radical (unpaired) electrons. The molecule has 1 unspecified atom stereocenters. The van der Waals surface area contributed by atoms with Gasteiger partial charge in [-0.15, -0.1) is 11.6 Å². The number of aliphatic hydroxyl groups is 1. The van der Waals surface area contributed by atoms with Crippen LogP contribution in [-0.2, 0) is 14.3 Å². The molecule has 1 rings (SSSR count). The van der Waals surface area contributed by atoms with Gasteiger partial charge in [0, 0.05) is 26.7 Å². The van der Waals surface area contributed by atoms with E-state index in [9.17, 15) is 14.7 Å². The van der Waals surface area contributed by atoms with Gasteiger partial charge in [0.15, 0.2) is 0 Å². The third-order valence-electron chi connectivity index (χ3n) is 3.38. The average Bonchev–Trinajstić information content (AvgIpc) is 2.46. The van der Waals surface area contributed by atoms with E-state index in [1.807, 2.05) is 20.8 Å². The number of alkyl halides is 1. The SMILES string of the molecule is COC(C)(C)C.O=CN1CCCC(O)(CCNC(=O)CCl)C1. The number of hydrogen-bond donors (Lipinski definition) is 2. The number of rotatable bonds is 5. The van der Waals surface area contributed by atoms with Crippen LogP contribution in [0.25, 0.3) is 0 Å². The summed E-state index contributed by atoms with van der Waals surface area (Å²) in [7, 11) is 1.71. The molecule has 1 aliphatic heterocycles. The van der Waals surface area contributed by atoms with Crippen LogP contribution in [0.3, 0.4) is 0 Å². The molecule has 0 saturated carbocycles. The van der Waals surface area contributed by atoms with Crippen LogP contribution in [0.5, 0.6) is 0 Å². The lowest BCUT2D eigenvalue weighted by atomic mass is 9.90. The molecule has 0 aliphatic carbocycles. The number of piperidine rings is 1. The summed E-state index contributed by atoms with van der Waals surface area (Å²) in [5.74, 6) is -0.313. The van der Waals surface area contributed by atoms with Crippen LogP contribution in [0, 0.1) is 0 Å². The molecule has 1 heterocycles. The van der Waals surface area contributed by atoms with Crippen molar-refractivity contribution < 1.29 is 19.4 Å². The quantitative estimate of drug-likeness (QED) is 0.583. The first-order valence-corrected chi connectivity index (χ1v) is 7.99. The lowest BCUT2D eigenvalue weighted by molar-refractivity contribution is -0.126. The Balaban J connectivity index is 0.000000626. The molecule has 1 fully saturated rings. The molecular formula is C15H29ClN2O4. The second-order valence-corrected chi connectivity index (χ2v) is 6.72. The highest BCUT2D eigenvalue weighted by Crippen LogP contribution is 2.23. The monoisotopic (exact) mass is 336 g/mol. The summed E-state index contributed by atoms with van der Waals surface area (Å²) in [6, 6.07) is 0. The Morgan fingerprint density at radius 3 is 2.55 bits per heavy atom. The lowest BCUT2D eigenvalue weighted by Gasteiger charge is -2.37. The number of β-amino-alcohol motifs (C(OH)–C–C–N with tert-alkyl or cyclic N) is 1. The fourth-order valence-electron chi connectivity index (χ4n) is 1.92. The Morgan fingerprint density at radius 1 is 1.50 bits per heavy atom. The molecule has 0 bridgehead atoms. The summed E-state index contributed by atoms with van der Waals surface area (Å²) in [6.45, 7) is 7.48. The molecule has 6 nitrogen and oxygen atoms in total. The zero-order chi connectivity index (χ0) is 17.2. The Hall–Kier alpha value is -0.850. The summed E-state index contributed by atoms with van der Waals surface area (Å²) in [5, 5.41) is 12.8. The third-order valence-corrected chi connectivity index (χ3v) is 3.62. The first kappa shape index (κ1) is 21.1. The van der Waals surface area contributed by atoms with Gasteiger partial charge in [-0.1, -0.05) is 0 Å². The van der Waals surface area contributed by atoms with Gasteiger partial charge in [0.2, 0.25) is 12.3 Å². The van der Waals surface area contributed by atoms with E-state index in [4.69, 9.17) is 16.3 Å². The summed E-state index contributed by atoms with van der Waals surface area (Å²) < 4.78 is 4.94. The summed E-state index contributed by atoms with van der Waals surface area (Å²) in [4.78, 5) is 23.1. The predicted octanol–water partition coefficient (Wildman–Crippen LogP) is 1.15. The highest BCUT2D eigenvalue weighted by Gasteiger charge is 2.32. The molecule has 0 aromatic carbocycles. The van der Waals surface area contributed by atoms with Crippen molar-refractivity contribution in [3.05, 3.63) is 0 Å². The van der Waals surface area contributed by atoms with Crippen LogP contribution >= 0.6 is 11.6 Å². The number of hydrogen-bond acceptors (Lipinski definition) is 4. The number of methoxy groups -OCH3 is 1. The summed E-state index contributed by atoms with van der Waals surface area (Å²) >= 11 is 5.32. The number of likely N-dealkylation sites (tertiary alicyclic amines) is 1. The van der Waals surface area contributed by atoms with Crippen LogP contribution in [-0.4, -0.2) is 66.1 Å². The van der Waals surface area contributed by atoms with Gasteiger partial charge in [-0.2, -0.15) is 0 Å². The Morgan fingerprint density at radius 2 is 2.09 bits per heavy atom. The summed E-state index contributed by atoms with van der Waals surface area (Å²) in [5.41, 5.74) is -0.835. The van der Waals surface area contributed by atoms with E-state index in [0.29, 0.717) is 32.5 Å². The second-order valence-electron chi connectivity index (χ2n) is 6.45. The maximum absolute atomic E-state index is 10.9. The van der Waals surface area contributed by atoms with E-state index in [1.165, 1.54) is 0 Å². The predicted molar refractivity (Wildman–Crippen MR) is 86.9 cm³/mol. The molecule has 130 valence electrons. The molecule has 0 aromatic heterocycles. The maximum atomic E-state index is 10.9. The molecule has 1 aliphatic rings. The van der Waals surface area contributed by atoms with Crippen LogP contribution in [0.4, 0.5) is 0 Å². The molecule has 22 heavy (non-hydrogen) atoms. The van der Waals surface area contributed by atoms with Crippen molar-refractivity contribution in [1.29, 1.82) is 0 Å². The minimum atomic E-state index is -0.876. The smallest absolute Gasteiger partial charge is 0.234 e. The second kappa shape index (κ2) is 10.0. The number of carbonyl (C=O) groups is 2. The van der Waals surface area contributed by atoms with E-state index in [0.717, 1.165) is 12.8 Å². The topological polar surface area (TPSA) is 78.9 Å². The normalized spacial score (nSPS) is 21.6. The molecule has 1 saturated heterocycles. The van der Waals surface area contributed by atoms with Gasteiger partial charge in [0.1, 0.15) is 5.88 Å². The van der Waals surface area contributed by atoms with Gasteiger partial charge in [-0.3, -0.25) is 9.59 Å². The van der Waals surface area contributed by atoms with E-state index in [1.54, 1.807) is 12.0 Å².